The molecule has 0 bridgehead atoms. The fraction of sp³-hybridized carbons (Fsp3) is 0.433. The minimum Gasteiger partial charge on any atom is -0.384 e. The van der Waals surface area contributed by atoms with Crippen LogP contribution in [-0.4, -0.2) is 45.1 Å². The van der Waals surface area contributed by atoms with Crippen LogP contribution in [0.1, 0.15) is 36.5 Å². The summed E-state index contributed by atoms with van der Waals surface area (Å²) in [5.41, 5.74) is 12.8. The first-order valence-corrected chi connectivity index (χ1v) is 12.6. The average molecular weight is 477 g/mol. The predicted octanol–water partition coefficient (Wildman–Crippen LogP) is 4.15. The Balaban J connectivity index is 2.22. The number of likely N-dealkylation sites (N-methyl/N-ethyl adjacent to an activating group) is 2. The molecule has 0 aliphatic heterocycles. The quantitative estimate of drug-likeness (QED) is 0.216. The van der Waals surface area contributed by atoms with Crippen molar-refractivity contribution in [3.8, 4) is 11.1 Å². The van der Waals surface area contributed by atoms with Gasteiger partial charge in [0.1, 0.15) is 6.29 Å². The molecule has 0 saturated carbocycles. The third kappa shape index (κ3) is 8.77. The van der Waals surface area contributed by atoms with Crippen molar-refractivity contribution >= 4 is 6.29 Å². The van der Waals surface area contributed by atoms with E-state index in [0.29, 0.717) is 18.9 Å². The van der Waals surface area contributed by atoms with E-state index in [1.165, 1.54) is 27.8 Å². The molecule has 4 atom stereocenters. The first-order chi connectivity index (χ1) is 16.8. The number of nitrogens with one attached hydrogen (secondary N) is 3. The second-order valence-corrected chi connectivity index (χ2v) is 9.57. The summed E-state index contributed by atoms with van der Waals surface area (Å²) < 4.78 is 0. The maximum Gasteiger partial charge on any atom is 0.122 e. The van der Waals surface area contributed by atoms with Crippen LogP contribution in [0, 0.1) is 12.8 Å². The topological polar surface area (TPSA) is 79.2 Å². The highest BCUT2D eigenvalue weighted by molar-refractivity contribution is 5.66. The molecule has 5 heteroatoms. The van der Waals surface area contributed by atoms with E-state index in [1.54, 1.807) is 0 Å². The number of hydrogen-bond donors (Lipinski definition) is 4. The number of benzene rings is 2. The largest absolute Gasteiger partial charge is 0.384 e. The summed E-state index contributed by atoms with van der Waals surface area (Å²) in [6.45, 7) is 13.1. The van der Waals surface area contributed by atoms with E-state index < -0.39 is 0 Å². The zero-order valence-electron chi connectivity index (χ0n) is 21.9. The van der Waals surface area contributed by atoms with Gasteiger partial charge in [-0.1, -0.05) is 62.0 Å². The third-order valence-electron chi connectivity index (χ3n) is 6.77. The molecule has 3 unspecified atom stereocenters. The Morgan fingerprint density at radius 3 is 2.46 bits per heavy atom. The molecule has 0 aliphatic rings. The molecular formula is C30H44N4O. The van der Waals surface area contributed by atoms with Gasteiger partial charge in [0, 0.05) is 30.2 Å². The van der Waals surface area contributed by atoms with Crippen molar-refractivity contribution in [2.45, 2.75) is 57.7 Å². The van der Waals surface area contributed by atoms with Crippen LogP contribution in [0.3, 0.4) is 0 Å². The van der Waals surface area contributed by atoms with Crippen LogP contribution in [0.15, 0.2) is 67.4 Å². The Kier molecular flexibility index (Phi) is 11.9. The second kappa shape index (κ2) is 14.6. The number of carbonyl (C=O) groups excluding carboxylic acids is 1. The molecule has 0 radical (unpaired) electrons. The van der Waals surface area contributed by atoms with Crippen molar-refractivity contribution in [3.05, 3.63) is 84.1 Å². The van der Waals surface area contributed by atoms with Crippen LogP contribution in [-0.2, 0) is 17.6 Å². The van der Waals surface area contributed by atoms with Gasteiger partial charge in [-0.15, -0.1) is 6.58 Å². The van der Waals surface area contributed by atoms with Gasteiger partial charge in [0.25, 0.3) is 0 Å². The van der Waals surface area contributed by atoms with Gasteiger partial charge < -0.3 is 26.5 Å². The molecule has 2 aromatic carbocycles. The average Bonchev–Trinajstić information content (AvgIpc) is 2.87. The standard InChI is InChI=1S/C30H44N4O/c1-7-28(32-5)17-24-9-8-10-25(16-24)26-12-11-22(3)27(18-26)19-29(13-14-35)34-23(4)30(33-6)15-21(2)20-31/h7-12,14,16,18,21,28-30,32-34H,1,4,13,15,17,19-20,31H2,2-3,5-6H3/t21?,28?,29?,30-/m0/s1. The number of nitrogens with two attached hydrogens (primary N) is 1. The van der Waals surface area contributed by atoms with Gasteiger partial charge in [-0.25, -0.2) is 0 Å². The molecule has 190 valence electrons. The van der Waals surface area contributed by atoms with Gasteiger partial charge in [0.2, 0.25) is 0 Å². The Hall–Kier alpha value is -2.73. The fourth-order valence-corrected chi connectivity index (χ4v) is 4.38. The molecular weight excluding hydrogens is 432 g/mol. The Morgan fingerprint density at radius 2 is 1.83 bits per heavy atom. The first kappa shape index (κ1) is 28.5. The molecule has 2 rings (SSSR count). The molecule has 0 saturated heterocycles. The van der Waals surface area contributed by atoms with Crippen molar-refractivity contribution in [1.29, 1.82) is 0 Å². The lowest BCUT2D eigenvalue weighted by Crippen LogP contribution is -2.41. The van der Waals surface area contributed by atoms with Crippen molar-refractivity contribution in [2.75, 3.05) is 20.6 Å². The van der Waals surface area contributed by atoms with Crippen molar-refractivity contribution in [2.24, 2.45) is 11.7 Å². The van der Waals surface area contributed by atoms with Crippen molar-refractivity contribution in [3.63, 3.8) is 0 Å². The van der Waals surface area contributed by atoms with Gasteiger partial charge in [-0.2, -0.15) is 0 Å². The van der Waals surface area contributed by atoms with Crippen LogP contribution in [0.2, 0.25) is 0 Å². The maximum absolute atomic E-state index is 11.5. The lowest BCUT2D eigenvalue weighted by molar-refractivity contribution is -0.108. The van der Waals surface area contributed by atoms with Crippen LogP contribution in [0.4, 0.5) is 0 Å². The predicted molar refractivity (Wildman–Crippen MR) is 149 cm³/mol. The molecule has 0 heterocycles. The molecule has 2 aromatic rings. The van der Waals surface area contributed by atoms with Crippen LogP contribution in [0.5, 0.6) is 0 Å². The molecule has 0 fully saturated rings. The van der Waals surface area contributed by atoms with E-state index in [1.807, 2.05) is 20.2 Å². The lowest BCUT2D eigenvalue weighted by Gasteiger charge is -2.27. The Morgan fingerprint density at radius 1 is 1.09 bits per heavy atom. The van der Waals surface area contributed by atoms with E-state index in [4.69, 9.17) is 5.73 Å². The van der Waals surface area contributed by atoms with Crippen LogP contribution >= 0.6 is 0 Å². The summed E-state index contributed by atoms with van der Waals surface area (Å²) >= 11 is 0. The van der Waals surface area contributed by atoms with Gasteiger partial charge in [-0.3, -0.25) is 0 Å². The summed E-state index contributed by atoms with van der Waals surface area (Å²) in [7, 11) is 3.89. The van der Waals surface area contributed by atoms with Gasteiger partial charge in [0.05, 0.1) is 0 Å². The Labute approximate surface area is 212 Å². The monoisotopic (exact) mass is 476 g/mol. The summed E-state index contributed by atoms with van der Waals surface area (Å²) in [6.07, 6.45) is 5.90. The second-order valence-electron chi connectivity index (χ2n) is 9.57. The normalized spacial score (nSPS) is 14.5. The molecule has 5 nitrogen and oxygen atoms in total. The van der Waals surface area contributed by atoms with Crippen molar-refractivity contribution < 1.29 is 4.79 Å². The highest BCUT2D eigenvalue weighted by Gasteiger charge is 2.18. The maximum atomic E-state index is 11.5. The zero-order valence-corrected chi connectivity index (χ0v) is 21.9. The SMILES string of the molecule is C=CC(Cc1cccc(-c2ccc(C)c(CC(CC=O)NC(=C)[C@H](CC(C)CN)NC)c2)c1)NC. The zero-order chi connectivity index (χ0) is 25.8. The van der Waals surface area contributed by atoms with E-state index in [0.717, 1.165) is 31.2 Å². The van der Waals surface area contributed by atoms with Crippen molar-refractivity contribution in [1.82, 2.24) is 16.0 Å². The molecule has 0 aromatic heterocycles. The summed E-state index contributed by atoms with van der Waals surface area (Å²) in [5, 5.41) is 10.1. The molecule has 5 N–H and O–H groups in total. The smallest absolute Gasteiger partial charge is 0.122 e. The summed E-state index contributed by atoms with van der Waals surface area (Å²) in [6, 6.07) is 15.6. The third-order valence-corrected chi connectivity index (χ3v) is 6.77. The molecule has 0 spiro atoms. The number of aldehydes is 1. The van der Waals surface area contributed by atoms with Crippen LogP contribution in [0.25, 0.3) is 11.1 Å². The van der Waals surface area contributed by atoms with Gasteiger partial charge in [0.15, 0.2) is 0 Å². The summed E-state index contributed by atoms with van der Waals surface area (Å²) in [4.78, 5) is 11.5. The van der Waals surface area contributed by atoms with E-state index in [9.17, 15) is 4.79 Å². The van der Waals surface area contributed by atoms with Gasteiger partial charge in [-0.05, 0) is 80.6 Å². The summed E-state index contributed by atoms with van der Waals surface area (Å²) in [5.74, 6) is 0.389. The van der Waals surface area contributed by atoms with E-state index >= 15 is 0 Å². The lowest BCUT2D eigenvalue weighted by atomic mass is 9.93. The van der Waals surface area contributed by atoms with Gasteiger partial charge >= 0.3 is 0 Å². The molecule has 0 amide bonds. The van der Waals surface area contributed by atoms with E-state index in [-0.39, 0.29) is 18.1 Å². The fourth-order valence-electron chi connectivity index (χ4n) is 4.38. The minimum atomic E-state index is -0.0201. The number of carbonyl (C=O) groups is 1. The minimum absolute atomic E-state index is 0.0201. The number of hydrogen-bond acceptors (Lipinski definition) is 5. The molecule has 35 heavy (non-hydrogen) atoms. The van der Waals surface area contributed by atoms with Crippen LogP contribution < -0.4 is 21.7 Å². The Bertz CT molecular complexity index is 971. The first-order valence-electron chi connectivity index (χ1n) is 12.6. The molecule has 0 aliphatic carbocycles. The number of aryl methyl sites for hydroxylation is 1. The highest BCUT2D eigenvalue weighted by atomic mass is 16.1. The highest BCUT2D eigenvalue weighted by Crippen LogP contribution is 2.25. The van der Waals surface area contributed by atoms with E-state index in [2.05, 4.69) is 85.4 Å². The number of rotatable bonds is 16.